The molecule has 6 heteroatoms. The van der Waals surface area contributed by atoms with Gasteiger partial charge >= 0.3 is 0 Å². The minimum atomic E-state index is -0.731. The van der Waals surface area contributed by atoms with E-state index in [4.69, 9.17) is 9.47 Å². The zero-order chi connectivity index (χ0) is 23.5. The second kappa shape index (κ2) is 9.46. The van der Waals surface area contributed by atoms with Crippen molar-refractivity contribution < 1.29 is 24.2 Å². The van der Waals surface area contributed by atoms with Crippen LogP contribution in [0.5, 0.6) is 5.75 Å². The summed E-state index contributed by atoms with van der Waals surface area (Å²) in [4.78, 5) is 27.7. The lowest BCUT2D eigenvalue weighted by atomic mass is 9.93. The first kappa shape index (κ1) is 22.6. The van der Waals surface area contributed by atoms with Gasteiger partial charge in [-0.15, -0.1) is 0 Å². The number of ketones is 1. The number of likely N-dealkylation sites (tertiary alicyclic amines) is 1. The molecule has 6 nitrogen and oxygen atoms in total. The molecule has 1 amide bonds. The van der Waals surface area contributed by atoms with Gasteiger partial charge in [0.1, 0.15) is 11.5 Å². The Balaban J connectivity index is 1.86. The van der Waals surface area contributed by atoms with Crippen LogP contribution in [0.2, 0.25) is 0 Å². The van der Waals surface area contributed by atoms with Crippen LogP contribution in [0.1, 0.15) is 31.0 Å². The molecule has 3 aromatic rings. The number of rotatable bonds is 7. The summed E-state index contributed by atoms with van der Waals surface area (Å²) < 4.78 is 10.9. The smallest absolute Gasteiger partial charge is 0.295 e. The molecule has 0 aliphatic carbocycles. The Hall–Kier alpha value is -3.64. The molecule has 1 saturated heterocycles. The summed E-state index contributed by atoms with van der Waals surface area (Å²) in [5.41, 5.74) is 1.30. The molecule has 0 saturated carbocycles. The van der Waals surface area contributed by atoms with Crippen LogP contribution in [0.25, 0.3) is 16.5 Å². The van der Waals surface area contributed by atoms with E-state index in [2.05, 4.69) is 0 Å². The highest BCUT2D eigenvalue weighted by Gasteiger charge is 2.46. The van der Waals surface area contributed by atoms with Gasteiger partial charge in [0.2, 0.25) is 0 Å². The summed E-state index contributed by atoms with van der Waals surface area (Å²) in [6, 6.07) is 19.6. The second-order valence-corrected chi connectivity index (χ2v) is 8.21. The number of fused-ring (bicyclic) bond motifs is 1. The standard InChI is InChI=1S/C27H27NO5/c1-17(2)33-16-15-28-24(19-11-13-20(32-3)14-12-19)23(26(30)27(28)31)25(29)22-10-6-8-18-7-4-5-9-21(18)22/h4-14,17,24,29H,15-16H2,1-3H3/b25-23-. The van der Waals surface area contributed by atoms with E-state index < -0.39 is 17.7 Å². The predicted molar refractivity (Wildman–Crippen MR) is 127 cm³/mol. The Morgan fingerprint density at radius 1 is 1.00 bits per heavy atom. The van der Waals surface area contributed by atoms with Crippen LogP contribution < -0.4 is 4.74 Å². The van der Waals surface area contributed by atoms with E-state index in [9.17, 15) is 14.7 Å². The van der Waals surface area contributed by atoms with Gasteiger partial charge < -0.3 is 19.5 Å². The first-order valence-electron chi connectivity index (χ1n) is 10.9. The molecular weight excluding hydrogens is 418 g/mol. The fourth-order valence-electron chi connectivity index (χ4n) is 4.21. The van der Waals surface area contributed by atoms with Crippen LogP contribution in [0.15, 0.2) is 72.3 Å². The molecule has 0 bridgehead atoms. The van der Waals surface area contributed by atoms with E-state index in [1.165, 1.54) is 4.90 Å². The highest BCUT2D eigenvalue weighted by atomic mass is 16.5. The number of carbonyl (C=O) groups is 2. The van der Waals surface area contributed by atoms with Crippen molar-refractivity contribution in [1.29, 1.82) is 0 Å². The number of nitrogens with zero attached hydrogens (tertiary/aromatic N) is 1. The lowest BCUT2D eigenvalue weighted by Crippen LogP contribution is -2.33. The van der Waals surface area contributed by atoms with Crippen LogP contribution >= 0.6 is 0 Å². The number of amides is 1. The zero-order valence-electron chi connectivity index (χ0n) is 18.9. The Morgan fingerprint density at radius 3 is 2.39 bits per heavy atom. The van der Waals surface area contributed by atoms with E-state index in [0.717, 1.165) is 10.8 Å². The molecule has 3 aromatic carbocycles. The summed E-state index contributed by atoms with van der Waals surface area (Å²) in [7, 11) is 1.57. The fraction of sp³-hybridized carbons (Fsp3) is 0.259. The van der Waals surface area contributed by atoms with E-state index >= 15 is 0 Å². The maximum absolute atomic E-state index is 13.2. The predicted octanol–water partition coefficient (Wildman–Crippen LogP) is 4.70. The summed E-state index contributed by atoms with van der Waals surface area (Å²) >= 11 is 0. The van der Waals surface area contributed by atoms with Crippen molar-refractivity contribution in [2.75, 3.05) is 20.3 Å². The van der Waals surface area contributed by atoms with Crippen LogP contribution in [-0.2, 0) is 14.3 Å². The Kier molecular flexibility index (Phi) is 6.47. The minimum Gasteiger partial charge on any atom is -0.507 e. The number of Topliss-reactive ketones (excluding diaryl/α,β-unsaturated/α-hetero) is 1. The first-order chi connectivity index (χ1) is 15.9. The molecule has 1 N–H and O–H groups in total. The summed E-state index contributed by atoms with van der Waals surface area (Å²) in [5.74, 6) is -0.873. The molecule has 1 atom stereocenters. The van der Waals surface area contributed by atoms with Crippen molar-refractivity contribution in [2.24, 2.45) is 0 Å². The number of aliphatic hydroxyl groups is 1. The number of carbonyl (C=O) groups excluding carboxylic acids is 2. The van der Waals surface area contributed by atoms with Gasteiger partial charge in [-0.05, 0) is 42.3 Å². The monoisotopic (exact) mass is 445 g/mol. The van der Waals surface area contributed by atoms with Gasteiger partial charge in [-0.25, -0.2) is 0 Å². The average Bonchev–Trinajstić information content (AvgIpc) is 3.08. The minimum absolute atomic E-state index is 0.00283. The average molecular weight is 446 g/mol. The molecule has 0 spiro atoms. The van der Waals surface area contributed by atoms with Crippen LogP contribution in [0.3, 0.4) is 0 Å². The lowest BCUT2D eigenvalue weighted by molar-refractivity contribution is -0.140. The van der Waals surface area contributed by atoms with Crippen LogP contribution in [-0.4, -0.2) is 48.1 Å². The molecule has 4 rings (SSSR count). The van der Waals surface area contributed by atoms with Gasteiger partial charge in [0.25, 0.3) is 11.7 Å². The quantitative estimate of drug-likeness (QED) is 0.324. The third kappa shape index (κ3) is 4.34. The molecule has 1 fully saturated rings. The van der Waals surface area contributed by atoms with Gasteiger partial charge in [-0.2, -0.15) is 0 Å². The number of benzene rings is 3. The van der Waals surface area contributed by atoms with Crippen molar-refractivity contribution >= 4 is 28.2 Å². The maximum atomic E-state index is 13.2. The van der Waals surface area contributed by atoms with E-state index in [-0.39, 0.29) is 30.6 Å². The van der Waals surface area contributed by atoms with Crippen molar-refractivity contribution in [2.45, 2.75) is 26.0 Å². The zero-order valence-corrected chi connectivity index (χ0v) is 18.9. The number of methoxy groups -OCH3 is 1. The molecule has 0 radical (unpaired) electrons. The normalized spacial score (nSPS) is 17.8. The van der Waals surface area contributed by atoms with E-state index in [1.54, 1.807) is 25.3 Å². The molecule has 33 heavy (non-hydrogen) atoms. The van der Waals surface area contributed by atoms with Gasteiger partial charge in [0.15, 0.2) is 0 Å². The summed E-state index contributed by atoms with van der Waals surface area (Å²) in [5, 5.41) is 13.1. The molecule has 1 aliphatic rings. The summed E-state index contributed by atoms with van der Waals surface area (Å²) in [6.45, 7) is 4.34. The number of ether oxygens (including phenoxy) is 2. The fourth-order valence-corrected chi connectivity index (χ4v) is 4.21. The van der Waals surface area contributed by atoms with E-state index in [1.807, 2.05) is 62.4 Å². The third-order valence-corrected chi connectivity index (χ3v) is 5.80. The van der Waals surface area contributed by atoms with Crippen molar-refractivity contribution in [3.05, 3.63) is 83.4 Å². The second-order valence-electron chi connectivity index (χ2n) is 8.21. The SMILES string of the molecule is COc1ccc(C2/C(=C(/O)c3cccc4ccccc34)C(=O)C(=O)N2CCOC(C)C)cc1. The molecule has 1 unspecified atom stereocenters. The molecular formula is C27H27NO5. The molecule has 0 aromatic heterocycles. The number of hydrogen-bond donors (Lipinski definition) is 1. The highest BCUT2D eigenvalue weighted by molar-refractivity contribution is 6.46. The van der Waals surface area contributed by atoms with Gasteiger partial charge in [0, 0.05) is 12.1 Å². The Bertz CT molecular complexity index is 1210. The third-order valence-electron chi connectivity index (χ3n) is 5.80. The van der Waals surface area contributed by atoms with Gasteiger partial charge in [-0.1, -0.05) is 54.6 Å². The van der Waals surface area contributed by atoms with Gasteiger partial charge in [0.05, 0.1) is 31.4 Å². The molecule has 1 heterocycles. The number of hydrogen-bond acceptors (Lipinski definition) is 5. The van der Waals surface area contributed by atoms with Crippen LogP contribution in [0, 0.1) is 0 Å². The highest BCUT2D eigenvalue weighted by Crippen LogP contribution is 2.40. The van der Waals surface area contributed by atoms with E-state index in [0.29, 0.717) is 16.9 Å². The number of aliphatic hydroxyl groups excluding tert-OH is 1. The van der Waals surface area contributed by atoms with Crippen molar-refractivity contribution in [3.63, 3.8) is 0 Å². The summed E-state index contributed by atoms with van der Waals surface area (Å²) in [6.07, 6.45) is -0.00283. The van der Waals surface area contributed by atoms with Crippen LogP contribution in [0.4, 0.5) is 0 Å². The van der Waals surface area contributed by atoms with Crippen molar-refractivity contribution in [1.82, 2.24) is 4.90 Å². The molecule has 1 aliphatic heterocycles. The topological polar surface area (TPSA) is 76.1 Å². The largest absolute Gasteiger partial charge is 0.507 e. The Morgan fingerprint density at radius 2 is 1.70 bits per heavy atom. The lowest BCUT2D eigenvalue weighted by Gasteiger charge is -2.26. The molecule has 170 valence electrons. The van der Waals surface area contributed by atoms with Gasteiger partial charge in [-0.3, -0.25) is 9.59 Å². The maximum Gasteiger partial charge on any atom is 0.295 e. The van der Waals surface area contributed by atoms with Crippen molar-refractivity contribution in [3.8, 4) is 5.75 Å². The first-order valence-corrected chi connectivity index (χ1v) is 10.9. The Labute approximate surface area is 193 Å².